The molecule has 7 heteroatoms. The van der Waals surface area contributed by atoms with E-state index in [9.17, 15) is 14.4 Å². The number of esters is 2. The number of rotatable bonds is 5. The van der Waals surface area contributed by atoms with Crippen molar-refractivity contribution in [2.24, 2.45) is 34.5 Å². The van der Waals surface area contributed by atoms with Gasteiger partial charge in [-0.3, -0.25) is 14.4 Å². The Bertz CT molecular complexity index is 1050. The van der Waals surface area contributed by atoms with Crippen molar-refractivity contribution >= 4 is 40.3 Å². The van der Waals surface area contributed by atoms with Crippen molar-refractivity contribution in [2.75, 3.05) is 7.11 Å². The Hall–Kier alpha value is -1.48. The Kier molecular flexibility index (Phi) is 6.80. The van der Waals surface area contributed by atoms with Crippen LogP contribution in [0.5, 0.6) is 0 Å². The average Bonchev–Trinajstić information content (AvgIpc) is 3.30. The minimum atomic E-state index is -1.01. The van der Waals surface area contributed by atoms with Gasteiger partial charge < -0.3 is 14.2 Å². The first-order valence-corrected chi connectivity index (χ1v) is 14.3. The normalized spacial score (nSPS) is 42.5. The van der Waals surface area contributed by atoms with Gasteiger partial charge in [0.25, 0.3) is 0 Å². The third-order valence-corrected chi connectivity index (χ3v) is 11.6. The van der Waals surface area contributed by atoms with Crippen LogP contribution in [0.15, 0.2) is 33.5 Å². The van der Waals surface area contributed by atoms with E-state index in [-0.39, 0.29) is 24.3 Å². The predicted molar refractivity (Wildman–Crippen MR) is 143 cm³/mol. The summed E-state index contributed by atoms with van der Waals surface area (Å²) in [4.78, 5) is 39.1. The van der Waals surface area contributed by atoms with Gasteiger partial charge in [-0.05, 0) is 79.2 Å². The summed E-state index contributed by atoms with van der Waals surface area (Å²) in [6.07, 6.45) is 9.23. The van der Waals surface area contributed by atoms with E-state index in [0.717, 1.165) is 6.42 Å². The molecular formula is C29H37IO6. The number of halogens is 1. The summed E-state index contributed by atoms with van der Waals surface area (Å²) in [6, 6.07) is 0. The van der Waals surface area contributed by atoms with Gasteiger partial charge in [0.05, 0.1) is 25.0 Å². The van der Waals surface area contributed by atoms with Crippen LogP contribution < -0.4 is 0 Å². The molecule has 1 aliphatic heterocycles. The molecule has 1 heterocycles. The van der Waals surface area contributed by atoms with Crippen LogP contribution in [0.4, 0.5) is 0 Å². The van der Waals surface area contributed by atoms with Gasteiger partial charge in [0.1, 0.15) is 12.2 Å². The van der Waals surface area contributed by atoms with E-state index < -0.39 is 40.8 Å². The highest BCUT2D eigenvalue weighted by atomic mass is 127. The summed E-state index contributed by atoms with van der Waals surface area (Å²) < 4.78 is 19.1. The number of hydrogen-bond donors (Lipinski definition) is 0. The third kappa shape index (κ3) is 3.77. The smallest absolute Gasteiger partial charge is 0.316 e. The highest BCUT2D eigenvalue weighted by Gasteiger charge is 2.71. The molecule has 8 atom stereocenters. The van der Waals surface area contributed by atoms with Crippen molar-refractivity contribution in [3.05, 3.63) is 33.5 Å². The summed E-state index contributed by atoms with van der Waals surface area (Å²) in [5.74, 6) is -0.621. The molecule has 5 rings (SSSR count). The average molecular weight is 609 g/mol. The molecule has 0 unspecified atom stereocenters. The zero-order chi connectivity index (χ0) is 26.0. The van der Waals surface area contributed by atoms with Gasteiger partial charge >= 0.3 is 11.9 Å². The summed E-state index contributed by atoms with van der Waals surface area (Å²) in [7, 11) is 1.35. The Balaban J connectivity index is 1.49. The molecule has 36 heavy (non-hydrogen) atoms. The van der Waals surface area contributed by atoms with Gasteiger partial charge in [0.15, 0.2) is 5.78 Å². The topological polar surface area (TPSA) is 78.9 Å². The molecule has 0 aromatic heterocycles. The standard InChI is InChI=1S/C29H37IO6/c1-15-18(17-9-7-6-8-10-17)13-20(23(15)30)35-24-16(2)19(14-22(32)34-5)29(4)21(31)11-12-28(3)26(29)25(24)36-27(28)33/h11-12,17-20,24-26H,2,6-10,13-14H2,1,3-5H3/t18-,19-,20-,24-,25-,26-,28+,29-/m0/s1. The number of hydrogen-bond acceptors (Lipinski definition) is 6. The van der Waals surface area contributed by atoms with Gasteiger partial charge in [-0.15, -0.1) is 0 Å². The highest BCUT2D eigenvalue weighted by molar-refractivity contribution is 14.1. The number of carbonyl (C=O) groups is 3. The van der Waals surface area contributed by atoms with Crippen LogP contribution in [0.2, 0.25) is 0 Å². The largest absolute Gasteiger partial charge is 0.469 e. The second-order valence-corrected chi connectivity index (χ2v) is 13.0. The van der Waals surface area contributed by atoms with Crippen LogP contribution in [0.25, 0.3) is 0 Å². The van der Waals surface area contributed by atoms with Crippen molar-refractivity contribution in [3.63, 3.8) is 0 Å². The minimum absolute atomic E-state index is 0.0140. The first-order valence-electron chi connectivity index (χ1n) is 13.3. The second kappa shape index (κ2) is 9.37. The lowest BCUT2D eigenvalue weighted by Gasteiger charge is -2.54. The molecule has 5 aliphatic rings. The molecule has 0 aromatic carbocycles. The van der Waals surface area contributed by atoms with Crippen molar-refractivity contribution in [1.82, 2.24) is 0 Å². The maximum absolute atomic E-state index is 13.4. The highest BCUT2D eigenvalue weighted by Crippen LogP contribution is 2.63. The van der Waals surface area contributed by atoms with Gasteiger partial charge in [0.2, 0.25) is 0 Å². The summed E-state index contributed by atoms with van der Waals surface area (Å²) in [6.45, 7) is 10.3. The molecule has 4 aliphatic carbocycles. The number of allylic oxidation sites excluding steroid dienone is 2. The Morgan fingerprint density at radius 3 is 2.58 bits per heavy atom. The summed E-state index contributed by atoms with van der Waals surface area (Å²) in [5.41, 5.74) is 0.0928. The molecule has 0 radical (unpaired) electrons. The lowest BCUT2D eigenvalue weighted by molar-refractivity contribution is -0.161. The predicted octanol–water partition coefficient (Wildman–Crippen LogP) is 5.49. The van der Waals surface area contributed by atoms with Gasteiger partial charge in [-0.25, -0.2) is 0 Å². The molecule has 3 fully saturated rings. The lowest BCUT2D eigenvalue weighted by Crippen LogP contribution is -2.61. The number of ketones is 1. The fourth-order valence-electron chi connectivity index (χ4n) is 8.00. The third-order valence-electron chi connectivity index (χ3n) is 10.1. The first-order chi connectivity index (χ1) is 17.0. The monoisotopic (exact) mass is 608 g/mol. The van der Waals surface area contributed by atoms with E-state index in [1.807, 2.05) is 13.8 Å². The van der Waals surface area contributed by atoms with E-state index in [0.29, 0.717) is 17.4 Å². The zero-order valence-electron chi connectivity index (χ0n) is 21.7. The molecule has 0 spiro atoms. The maximum atomic E-state index is 13.4. The van der Waals surface area contributed by atoms with E-state index >= 15 is 0 Å². The van der Waals surface area contributed by atoms with Crippen molar-refractivity contribution in [2.45, 2.75) is 84.0 Å². The molecule has 1 saturated heterocycles. The fraction of sp³-hybridized carbons (Fsp3) is 0.690. The number of ether oxygens (including phenoxy) is 3. The fourth-order valence-corrected chi connectivity index (χ4v) is 8.80. The lowest BCUT2D eigenvalue weighted by atomic mass is 9.47. The Labute approximate surface area is 227 Å². The van der Waals surface area contributed by atoms with Gasteiger partial charge in [-0.1, -0.05) is 44.4 Å². The summed E-state index contributed by atoms with van der Waals surface area (Å²) in [5, 5.41) is 0. The Morgan fingerprint density at radius 2 is 1.92 bits per heavy atom. The minimum Gasteiger partial charge on any atom is -0.469 e. The van der Waals surface area contributed by atoms with Crippen LogP contribution in [-0.4, -0.2) is 43.1 Å². The SMILES string of the molecule is C=C1[C@H](O[C@H]2C[C@H](C3CCCCC3)C(C)=C2I)[C@@H]2OC(=O)[C@]3(C)C=CC(=O)[C@@](C)([C@@H]23)[C@H]1CC(=O)OC. The van der Waals surface area contributed by atoms with Gasteiger partial charge in [-0.2, -0.15) is 0 Å². The van der Waals surface area contributed by atoms with Crippen molar-refractivity contribution < 1.29 is 28.6 Å². The number of carbonyl (C=O) groups excluding carboxylic acids is 3. The molecule has 0 N–H and O–H groups in total. The van der Waals surface area contributed by atoms with E-state index in [2.05, 4.69) is 36.1 Å². The molecule has 6 nitrogen and oxygen atoms in total. The summed E-state index contributed by atoms with van der Waals surface area (Å²) >= 11 is 2.42. The van der Waals surface area contributed by atoms with Crippen molar-refractivity contribution in [3.8, 4) is 0 Å². The molecule has 196 valence electrons. The van der Waals surface area contributed by atoms with Gasteiger partial charge in [0, 0.05) is 20.8 Å². The van der Waals surface area contributed by atoms with Crippen LogP contribution in [0.1, 0.15) is 65.7 Å². The zero-order valence-corrected chi connectivity index (χ0v) is 23.8. The maximum Gasteiger partial charge on any atom is 0.316 e. The van der Waals surface area contributed by atoms with Crippen LogP contribution >= 0.6 is 22.6 Å². The molecule has 0 bridgehead atoms. The Morgan fingerprint density at radius 1 is 1.22 bits per heavy atom. The van der Waals surface area contributed by atoms with Crippen molar-refractivity contribution in [1.29, 1.82) is 0 Å². The first kappa shape index (κ1) is 26.1. The van der Waals surface area contributed by atoms with E-state index in [1.165, 1.54) is 54.4 Å². The quantitative estimate of drug-likeness (QED) is 0.233. The number of methoxy groups -OCH3 is 1. The van der Waals surface area contributed by atoms with E-state index in [1.54, 1.807) is 6.08 Å². The molecule has 0 aromatic rings. The second-order valence-electron chi connectivity index (χ2n) is 11.8. The van der Waals surface area contributed by atoms with Crippen LogP contribution in [0, 0.1) is 34.5 Å². The van der Waals surface area contributed by atoms with Crippen LogP contribution in [0.3, 0.4) is 0 Å². The van der Waals surface area contributed by atoms with E-state index in [4.69, 9.17) is 14.2 Å². The molecular weight excluding hydrogens is 571 g/mol. The van der Waals surface area contributed by atoms with Crippen LogP contribution in [-0.2, 0) is 28.6 Å². The molecule has 0 amide bonds. The molecule has 2 saturated carbocycles.